The molecule has 0 saturated carbocycles. The SMILES string of the molecule is Cc1ccc(C2CC(C(=O)O)c3nc(N)nn3C2)cc1C. The van der Waals surface area contributed by atoms with E-state index in [1.807, 2.05) is 0 Å². The first-order chi connectivity index (χ1) is 9.95. The van der Waals surface area contributed by atoms with Gasteiger partial charge in [0, 0.05) is 5.92 Å². The van der Waals surface area contributed by atoms with Gasteiger partial charge in [0.15, 0.2) is 0 Å². The Kier molecular flexibility index (Phi) is 3.16. The molecular weight excluding hydrogens is 268 g/mol. The molecule has 2 unspecified atom stereocenters. The Labute approximate surface area is 122 Å². The van der Waals surface area contributed by atoms with Gasteiger partial charge in [0.25, 0.3) is 0 Å². The third-order valence-corrected chi connectivity index (χ3v) is 4.24. The highest BCUT2D eigenvalue weighted by Crippen LogP contribution is 2.36. The zero-order chi connectivity index (χ0) is 15.1. The number of aryl methyl sites for hydroxylation is 2. The maximum atomic E-state index is 11.5. The Balaban J connectivity index is 1.99. The molecule has 0 radical (unpaired) electrons. The van der Waals surface area contributed by atoms with Gasteiger partial charge in [0.05, 0.1) is 6.54 Å². The summed E-state index contributed by atoms with van der Waals surface area (Å²) in [4.78, 5) is 15.6. The van der Waals surface area contributed by atoms with Crippen molar-refractivity contribution in [3.8, 4) is 0 Å². The third kappa shape index (κ3) is 2.37. The van der Waals surface area contributed by atoms with Crippen molar-refractivity contribution in [2.45, 2.75) is 38.6 Å². The molecule has 0 spiro atoms. The summed E-state index contributed by atoms with van der Waals surface area (Å²) in [5.41, 5.74) is 9.20. The molecule has 0 bridgehead atoms. The van der Waals surface area contributed by atoms with Gasteiger partial charge in [-0.1, -0.05) is 18.2 Å². The molecule has 6 heteroatoms. The maximum Gasteiger partial charge on any atom is 0.314 e. The fraction of sp³-hybridized carbons (Fsp3) is 0.400. The van der Waals surface area contributed by atoms with Gasteiger partial charge in [0.1, 0.15) is 11.7 Å². The average Bonchev–Trinajstić information content (AvgIpc) is 2.80. The quantitative estimate of drug-likeness (QED) is 0.878. The van der Waals surface area contributed by atoms with Crippen LogP contribution in [0.3, 0.4) is 0 Å². The minimum atomic E-state index is -0.878. The molecule has 0 fully saturated rings. The lowest BCUT2D eigenvalue weighted by Crippen LogP contribution is -2.28. The van der Waals surface area contributed by atoms with Crippen LogP contribution in [0.2, 0.25) is 0 Å². The Morgan fingerprint density at radius 1 is 1.38 bits per heavy atom. The normalized spacial score (nSPS) is 21.0. The average molecular weight is 286 g/mol. The molecule has 6 nitrogen and oxygen atoms in total. The summed E-state index contributed by atoms with van der Waals surface area (Å²) < 4.78 is 1.64. The second-order valence-corrected chi connectivity index (χ2v) is 5.68. The summed E-state index contributed by atoms with van der Waals surface area (Å²) in [5.74, 6) is -0.830. The van der Waals surface area contributed by atoms with E-state index >= 15 is 0 Å². The maximum absolute atomic E-state index is 11.5. The summed E-state index contributed by atoms with van der Waals surface area (Å²) in [5, 5.41) is 13.6. The number of aliphatic carboxylic acids is 1. The number of carbonyl (C=O) groups is 1. The fourth-order valence-electron chi connectivity index (χ4n) is 2.91. The van der Waals surface area contributed by atoms with Crippen molar-refractivity contribution in [2.75, 3.05) is 5.73 Å². The van der Waals surface area contributed by atoms with Gasteiger partial charge in [-0.05, 0) is 37.0 Å². The largest absolute Gasteiger partial charge is 0.481 e. The van der Waals surface area contributed by atoms with Crippen molar-refractivity contribution >= 4 is 11.9 Å². The fourth-order valence-corrected chi connectivity index (χ4v) is 2.91. The second kappa shape index (κ2) is 4.87. The molecule has 0 aliphatic carbocycles. The molecule has 1 aromatic heterocycles. The summed E-state index contributed by atoms with van der Waals surface area (Å²) in [6.45, 7) is 4.75. The Bertz CT molecular complexity index is 708. The number of fused-ring (bicyclic) bond motifs is 1. The van der Waals surface area contributed by atoms with Crippen LogP contribution in [-0.4, -0.2) is 25.8 Å². The first-order valence-corrected chi connectivity index (χ1v) is 6.96. The van der Waals surface area contributed by atoms with E-state index in [-0.39, 0.29) is 11.9 Å². The van der Waals surface area contributed by atoms with E-state index in [1.54, 1.807) is 4.68 Å². The van der Waals surface area contributed by atoms with Gasteiger partial charge >= 0.3 is 5.97 Å². The van der Waals surface area contributed by atoms with E-state index in [0.29, 0.717) is 18.8 Å². The van der Waals surface area contributed by atoms with Crippen molar-refractivity contribution in [3.05, 3.63) is 40.7 Å². The van der Waals surface area contributed by atoms with Crippen molar-refractivity contribution < 1.29 is 9.90 Å². The number of nitrogens with zero attached hydrogens (tertiary/aromatic N) is 3. The molecule has 0 saturated heterocycles. The molecular formula is C15H18N4O2. The van der Waals surface area contributed by atoms with Gasteiger partial charge in [-0.3, -0.25) is 4.79 Å². The molecule has 3 rings (SSSR count). The Morgan fingerprint density at radius 3 is 2.81 bits per heavy atom. The van der Waals surface area contributed by atoms with Crippen molar-refractivity contribution in [1.82, 2.24) is 14.8 Å². The highest BCUT2D eigenvalue weighted by atomic mass is 16.4. The van der Waals surface area contributed by atoms with Gasteiger partial charge in [0.2, 0.25) is 5.95 Å². The van der Waals surface area contributed by atoms with E-state index in [2.05, 4.69) is 42.1 Å². The number of carboxylic acid groups (broad SMARTS) is 1. The van der Waals surface area contributed by atoms with Crippen molar-refractivity contribution in [1.29, 1.82) is 0 Å². The van der Waals surface area contributed by atoms with Gasteiger partial charge in [-0.2, -0.15) is 4.98 Å². The summed E-state index contributed by atoms with van der Waals surface area (Å²) in [6, 6.07) is 6.27. The van der Waals surface area contributed by atoms with E-state index in [0.717, 1.165) is 5.56 Å². The number of nitrogens with two attached hydrogens (primary N) is 1. The first-order valence-electron chi connectivity index (χ1n) is 6.96. The Morgan fingerprint density at radius 2 is 2.14 bits per heavy atom. The molecule has 1 aromatic carbocycles. The lowest BCUT2D eigenvalue weighted by atomic mass is 9.84. The van der Waals surface area contributed by atoms with Crippen LogP contribution in [0.5, 0.6) is 0 Å². The standard InChI is InChI=1S/C15H18N4O2/c1-8-3-4-10(5-9(8)2)11-6-12(14(20)21)13-17-15(16)18-19(13)7-11/h3-5,11-12H,6-7H2,1-2H3,(H2,16,18)(H,20,21). The Hall–Kier alpha value is -2.37. The van der Waals surface area contributed by atoms with Crippen LogP contribution in [0.15, 0.2) is 18.2 Å². The number of hydrogen-bond acceptors (Lipinski definition) is 4. The van der Waals surface area contributed by atoms with Crippen LogP contribution >= 0.6 is 0 Å². The smallest absolute Gasteiger partial charge is 0.314 e. The van der Waals surface area contributed by atoms with Crippen LogP contribution < -0.4 is 5.73 Å². The summed E-state index contributed by atoms with van der Waals surface area (Å²) in [7, 11) is 0. The predicted molar refractivity (Wildman–Crippen MR) is 78.1 cm³/mol. The summed E-state index contributed by atoms with van der Waals surface area (Å²) in [6.07, 6.45) is 0.524. The second-order valence-electron chi connectivity index (χ2n) is 5.68. The number of rotatable bonds is 2. The van der Waals surface area contributed by atoms with Crippen LogP contribution in [0.25, 0.3) is 0 Å². The van der Waals surface area contributed by atoms with E-state index < -0.39 is 11.9 Å². The molecule has 2 atom stereocenters. The van der Waals surface area contributed by atoms with Gasteiger partial charge in [-0.25, -0.2) is 4.68 Å². The highest BCUT2D eigenvalue weighted by molar-refractivity contribution is 5.75. The van der Waals surface area contributed by atoms with Crippen molar-refractivity contribution in [2.24, 2.45) is 0 Å². The zero-order valence-corrected chi connectivity index (χ0v) is 12.1. The number of aromatic nitrogens is 3. The monoisotopic (exact) mass is 286 g/mol. The first kappa shape index (κ1) is 13.6. The number of benzene rings is 1. The lowest BCUT2D eigenvalue weighted by molar-refractivity contribution is -0.139. The van der Waals surface area contributed by atoms with Crippen LogP contribution in [0.1, 0.15) is 40.8 Å². The number of anilines is 1. The van der Waals surface area contributed by atoms with E-state index in [9.17, 15) is 9.90 Å². The predicted octanol–water partition coefficient (Wildman–Crippen LogP) is 1.83. The molecule has 21 heavy (non-hydrogen) atoms. The molecule has 3 N–H and O–H groups in total. The van der Waals surface area contributed by atoms with E-state index in [1.165, 1.54) is 11.1 Å². The molecule has 2 aromatic rings. The number of carboxylic acids is 1. The number of hydrogen-bond donors (Lipinski definition) is 2. The van der Waals surface area contributed by atoms with Gasteiger partial charge in [-0.15, -0.1) is 5.10 Å². The van der Waals surface area contributed by atoms with Crippen LogP contribution in [-0.2, 0) is 11.3 Å². The van der Waals surface area contributed by atoms with Crippen LogP contribution in [0, 0.1) is 13.8 Å². The highest BCUT2D eigenvalue weighted by Gasteiger charge is 2.35. The summed E-state index contributed by atoms with van der Waals surface area (Å²) >= 11 is 0. The third-order valence-electron chi connectivity index (χ3n) is 4.24. The number of nitrogen functional groups attached to an aromatic ring is 1. The minimum Gasteiger partial charge on any atom is -0.481 e. The van der Waals surface area contributed by atoms with Gasteiger partial charge < -0.3 is 10.8 Å². The van der Waals surface area contributed by atoms with E-state index in [4.69, 9.17) is 5.73 Å². The van der Waals surface area contributed by atoms with Crippen LogP contribution in [0.4, 0.5) is 5.95 Å². The van der Waals surface area contributed by atoms with Crippen molar-refractivity contribution in [3.63, 3.8) is 0 Å². The molecule has 2 heterocycles. The zero-order valence-electron chi connectivity index (χ0n) is 12.1. The molecule has 110 valence electrons. The minimum absolute atomic E-state index is 0.110. The topological polar surface area (TPSA) is 94.0 Å². The molecule has 1 aliphatic rings. The molecule has 1 aliphatic heterocycles. The lowest BCUT2D eigenvalue weighted by Gasteiger charge is -2.27. The molecule has 0 amide bonds.